The number of aromatic amines is 1. The number of nitrogens with one attached hydrogen (secondary N) is 2. The van der Waals surface area contributed by atoms with Crippen molar-refractivity contribution in [1.29, 1.82) is 0 Å². The van der Waals surface area contributed by atoms with E-state index in [1.807, 2.05) is 31.2 Å². The van der Waals surface area contributed by atoms with Gasteiger partial charge in [-0.3, -0.25) is 4.79 Å². The number of hydrogen-bond acceptors (Lipinski definition) is 6. The standard InChI is InChI=1S/C21H25N5O2/c1-4-14(2)19(21(27)28-3)22-13-15-9-11-16(12-10-15)17-7-5-6-8-18(17)20-23-25-26-24-20/h5-12,14,19,22H,4,13H2,1-3H3,(H,23,24,25,26)/t14?,19-/m0/s1. The van der Waals surface area contributed by atoms with Gasteiger partial charge in [0.25, 0.3) is 0 Å². The van der Waals surface area contributed by atoms with Crippen LogP contribution in [0.4, 0.5) is 0 Å². The SMILES string of the molecule is CCC(C)[C@H](NCc1ccc(-c2ccccc2-c2nn[nH]n2)cc1)C(=O)OC. The lowest BCUT2D eigenvalue weighted by Crippen LogP contribution is -2.42. The van der Waals surface area contributed by atoms with Crippen molar-refractivity contribution in [3.8, 4) is 22.5 Å². The highest BCUT2D eigenvalue weighted by atomic mass is 16.5. The van der Waals surface area contributed by atoms with Crippen molar-refractivity contribution in [3.63, 3.8) is 0 Å². The quantitative estimate of drug-likeness (QED) is 0.584. The third-order valence-corrected chi connectivity index (χ3v) is 4.97. The molecule has 3 aromatic rings. The van der Waals surface area contributed by atoms with E-state index in [1.165, 1.54) is 7.11 Å². The summed E-state index contributed by atoms with van der Waals surface area (Å²) in [6.45, 7) is 4.71. The maximum atomic E-state index is 12.0. The normalized spacial score (nSPS) is 13.1. The van der Waals surface area contributed by atoms with Crippen LogP contribution in [0.2, 0.25) is 0 Å². The molecule has 0 aliphatic heterocycles. The van der Waals surface area contributed by atoms with Gasteiger partial charge in [0.1, 0.15) is 6.04 Å². The van der Waals surface area contributed by atoms with E-state index in [0.29, 0.717) is 12.4 Å². The summed E-state index contributed by atoms with van der Waals surface area (Å²) in [4.78, 5) is 12.0. The van der Waals surface area contributed by atoms with Crippen molar-refractivity contribution in [2.24, 2.45) is 5.92 Å². The molecule has 146 valence electrons. The maximum Gasteiger partial charge on any atom is 0.323 e. The molecule has 7 heteroatoms. The molecule has 0 amide bonds. The van der Waals surface area contributed by atoms with Gasteiger partial charge in [0.05, 0.1) is 7.11 Å². The van der Waals surface area contributed by atoms with Crippen LogP contribution in [0.25, 0.3) is 22.5 Å². The Morgan fingerprint density at radius 3 is 2.46 bits per heavy atom. The van der Waals surface area contributed by atoms with Crippen molar-refractivity contribution >= 4 is 5.97 Å². The van der Waals surface area contributed by atoms with Gasteiger partial charge in [-0.1, -0.05) is 68.8 Å². The van der Waals surface area contributed by atoms with Crippen LogP contribution in [0.15, 0.2) is 48.5 Å². The summed E-state index contributed by atoms with van der Waals surface area (Å²) in [5.74, 6) is 0.546. The molecule has 1 unspecified atom stereocenters. The molecule has 2 aromatic carbocycles. The highest BCUT2D eigenvalue weighted by Gasteiger charge is 2.24. The van der Waals surface area contributed by atoms with Crippen LogP contribution in [0.5, 0.6) is 0 Å². The molecule has 0 fully saturated rings. The summed E-state index contributed by atoms with van der Waals surface area (Å²) >= 11 is 0. The number of esters is 1. The van der Waals surface area contributed by atoms with E-state index >= 15 is 0 Å². The summed E-state index contributed by atoms with van der Waals surface area (Å²) in [6.07, 6.45) is 0.901. The summed E-state index contributed by atoms with van der Waals surface area (Å²) in [6, 6.07) is 15.9. The number of ether oxygens (including phenoxy) is 1. The van der Waals surface area contributed by atoms with Crippen molar-refractivity contribution in [3.05, 3.63) is 54.1 Å². The van der Waals surface area contributed by atoms with Crippen molar-refractivity contribution < 1.29 is 9.53 Å². The number of tetrazole rings is 1. The van der Waals surface area contributed by atoms with Gasteiger partial charge in [-0.05, 0) is 27.8 Å². The molecule has 3 rings (SSSR count). The largest absolute Gasteiger partial charge is 0.468 e. The summed E-state index contributed by atoms with van der Waals surface area (Å²) in [5, 5.41) is 17.6. The Morgan fingerprint density at radius 2 is 1.86 bits per heavy atom. The number of hydrogen-bond donors (Lipinski definition) is 2. The summed E-state index contributed by atoms with van der Waals surface area (Å²) in [5.41, 5.74) is 4.12. The highest BCUT2D eigenvalue weighted by Crippen LogP contribution is 2.29. The fourth-order valence-electron chi connectivity index (χ4n) is 3.12. The molecule has 0 aliphatic carbocycles. The van der Waals surface area contributed by atoms with Crippen molar-refractivity contribution in [2.75, 3.05) is 7.11 Å². The molecular weight excluding hydrogens is 354 g/mol. The lowest BCUT2D eigenvalue weighted by molar-refractivity contribution is -0.144. The topological polar surface area (TPSA) is 92.8 Å². The Bertz CT molecular complexity index is 893. The Balaban J connectivity index is 1.75. The van der Waals surface area contributed by atoms with Crippen molar-refractivity contribution in [1.82, 2.24) is 25.9 Å². The highest BCUT2D eigenvalue weighted by molar-refractivity contribution is 5.80. The van der Waals surface area contributed by atoms with E-state index in [4.69, 9.17) is 4.74 Å². The number of carbonyl (C=O) groups excluding carboxylic acids is 1. The molecule has 28 heavy (non-hydrogen) atoms. The first-order valence-corrected chi connectivity index (χ1v) is 9.37. The Hall–Kier alpha value is -3.06. The molecule has 1 aromatic heterocycles. The van der Waals surface area contributed by atoms with E-state index in [9.17, 15) is 4.79 Å². The first-order chi connectivity index (χ1) is 13.6. The van der Waals surface area contributed by atoms with Crippen LogP contribution in [-0.4, -0.2) is 39.7 Å². The second kappa shape index (κ2) is 9.23. The number of H-pyrrole nitrogens is 1. The maximum absolute atomic E-state index is 12.0. The Labute approximate surface area is 164 Å². The van der Waals surface area contributed by atoms with Gasteiger partial charge >= 0.3 is 5.97 Å². The minimum absolute atomic E-state index is 0.202. The third-order valence-electron chi connectivity index (χ3n) is 4.97. The number of benzene rings is 2. The van der Waals surface area contributed by atoms with Gasteiger partial charge in [0.15, 0.2) is 0 Å². The van der Waals surface area contributed by atoms with Crippen molar-refractivity contribution in [2.45, 2.75) is 32.9 Å². The Morgan fingerprint density at radius 1 is 1.14 bits per heavy atom. The molecule has 0 spiro atoms. The molecule has 2 atom stereocenters. The second-order valence-corrected chi connectivity index (χ2v) is 6.75. The first kappa shape index (κ1) is 19.7. The average Bonchev–Trinajstić information content (AvgIpc) is 3.28. The van der Waals surface area contributed by atoms with Gasteiger partial charge in [-0.25, -0.2) is 0 Å². The predicted molar refractivity (Wildman–Crippen MR) is 107 cm³/mol. The van der Waals surface area contributed by atoms with E-state index in [2.05, 4.69) is 57.1 Å². The number of methoxy groups -OCH3 is 1. The summed E-state index contributed by atoms with van der Waals surface area (Å²) in [7, 11) is 1.43. The third kappa shape index (κ3) is 4.43. The second-order valence-electron chi connectivity index (χ2n) is 6.75. The Kier molecular flexibility index (Phi) is 6.49. The average molecular weight is 379 g/mol. The van der Waals surface area contributed by atoms with Crippen LogP contribution >= 0.6 is 0 Å². The molecule has 2 N–H and O–H groups in total. The van der Waals surface area contributed by atoms with Gasteiger partial charge in [0.2, 0.25) is 5.82 Å². The predicted octanol–water partition coefficient (Wildman–Crippen LogP) is 3.21. The van der Waals surface area contributed by atoms with Gasteiger partial charge in [-0.2, -0.15) is 5.21 Å². The van der Waals surface area contributed by atoms with Gasteiger partial charge in [0, 0.05) is 12.1 Å². The van der Waals surface area contributed by atoms with E-state index in [1.54, 1.807) is 0 Å². The molecule has 0 radical (unpaired) electrons. The number of aromatic nitrogens is 4. The summed E-state index contributed by atoms with van der Waals surface area (Å²) < 4.78 is 4.93. The number of carbonyl (C=O) groups is 1. The lowest BCUT2D eigenvalue weighted by Gasteiger charge is -2.22. The van der Waals surface area contributed by atoms with Gasteiger partial charge in [-0.15, -0.1) is 10.2 Å². The van der Waals surface area contributed by atoms with Gasteiger partial charge < -0.3 is 10.1 Å². The molecular formula is C21H25N5O2. The van der Waals surface area contributed by atoms with Crippen LogP contribution in [0, 0.1) is 5.92 Å². The van der Waals surface area contributed by atoms with Crippen LogP contribution in [-0.2, 0) is 16.1 Å². The van der Waals surface area contributed by atoms with Crippen LogP contribution in [0.3, 0.4) is 0 Å². The molecule has 1 heterocycles. The molecule has 0 saturated heterocycles. The van der Waals surface area contributed by atoms with Crippen LogP contribution < -0.4 is 5.32 Å². The zero-order chi connectivity index (χ0) is 19.9. The minimum Gasteiger partial charge on any atom is -0.468 e. The number of nitrogens with zero attached hydrogens (tertiary/aromatic N) is 3. The lowest BCUT2D eigenvalue weighted by atomic mass is 9.97. The smallest absolute Gasteiger partial charge is 0.323 e. The fourth-order valence-corrected chi connectivity index (χ4v) is 3.12. The molecule has 0 saturated carbocycles. The monoisotopic (exact) mass is 379 g/mol. The molecule has 0 aliphatic rings. The fraction of sp³-hybridized carbons (Fsp3) is 0.333. The molecule has 7 nitrogen and oxygen atoms in total. The minimum atomic E-state index is -0.311. The zero-order valence-corrected chi connectivity index (χ0v) is 16.3. The van der Waals surface area contributed by atoms with E-state index < -0.39 is 0 Å². The van der Waals surface area contributed by atoms with E-state index in [-0.39, 0.29) is 17.9 Å². The zero-order valence-electron chi connectivity index (χ0n) is 16.3. The van der Waals surface area contributed by atoms with Crippen LogP contribution in [0.1, 0.15) is 25.8 Å². The molecule has 0 bridgehead atoms. The van der Waals surface area contributed by atoms with E-state index in [0.717, 1.165) is 28.7 Å². The number of rotatable bonds is 8. The first-order valence-electron chi connectivity index (χ1n) is 9.37.